The van der Waals surface area contributed by atoms with Gasteiger partial charge in [0.2, 0.25) is 0 Å². The predicted molar refractivity (Wildman–Crippen MR) is 105 cm³/mol. The van der Waals surface area contributed by atoms with Crippen molar-refractivity contribution in [3.8, 4) is 0 Å². The van der Waals surface area contributed by atoms with Gasteiger partial charge in [-0.3, -0.25) is 4.79 Å². The number of anilines is 1. The number of carbonyl (C=O) groups is 1. The number of amidine groups is 1. The molecule has 6 nitrogen and oxygen atoms in total. The van der Waals surface area contributed by atoms with Gasteiger partial charge >= 0.3 is 0 Å². The minimum Gasteiger partial charge on any atom is -0.339 e. The Balaban J connectivity index is 1.50. The molecule has 0 radical (unpaired) electrons. The van der Waals surface area contributed by atoms with Crippen LogP contribution in [0.4, 0.5) is 5.69 Å². The van der Waals surface area contributed by atoms with Gasteiger partial charge in [-0.25, -0.2) is 0 Å². The van der Waals surface area contributed by atoms with E-state index in [1.165, 1.54) is 0 Å². The Hall–Kier alpha value is -2.67. The van der Waals surface area contributed by atoms with Crippen molar-refractivity contribution in [2.24, 2.45) is 10.3 Å². The minimum atomic E-state index is -3.65. The van der Waals surface area contributed by atoms with Crippen molar-refractivity contribution >= 4 is 27.5 Å². The smallest absolute Gasteiger partial charge is 0.285 e. The van der Waals surface area contributed by atoms with E-state index in [9.17, 15) is 13.2 Å². The molecule has 27 heavy (non-hydrogen) atoms. The average molecular weight is 383 g/mol. The number of fused-ring (bicyclic) bond motifs is 1. The van der Waals surface area contributed by atoms with Crippen LogP contribution in [0.15, 0.2) is 57.8 Å². The molecule has 1 fully saturated rings. The van der Waals surface area contributed by atoms with Gasteiger partial charge < -0.3 is 10.2 Å². The molecule has 4 rings (SSSR count). The Morgan fingerprint density at radius 3 is 2.44 bits per heavy atom. The lowest BCUT2D eigenvalue weighted by Crippen LogP contribution is -2.37. The van der Waals surface area contributed by atoms with Crippen molar-refractivity contribution in [1.29, 1.82) is 0 Å². The van der Waals surface area contributed by atoms with E-state index in [0.717, 1.165) is 25.9 Å². The SMILES string of the molecule is CC1CCN(C(=O)c2ccc(NC3=NS(=O)(=O)c4ccccc43)cc2)CC1. The molecule has 140 valence electrons. The highest BCUT2D eigenvalue weighted by molar-refractivity contribution is 7.90. The van der Waals surface area contributed by atoms with Crippen LogP contribution in [0.1, 0.15) is 35.7 Å². The molecule has 0 unspecified atom stereocenters. The molecule has 0 spiro atoms. The first-order valence-corrected chi connectivity index (χ1v) is 10.5. The van der Waals surface area contributed by atoms with Gasteiger partial charge in [-0.05, 0) is 55.2 Å². The highest BCUT2D eigenvalue weighted by atomic mass is 32.2. The summed E-state index contributed by atoms with van der Waals surface area (Å²) in [6.07, 6.45) is 2.08. The first-order chi connectivity index (χ1) is 12.9. The third-order valence-corrected chi connectivity index (χ3v) is 6.43. The van der Waals surface area contributed by atoms with E-state index >= 15 is 0 Å². The number of amides is 1. The van der Waals surface area contributed by atoms with E-state index in [1.807, 2.05) is 4.90 Å². The molecule has 0 aromatic heterocycles. The van der Waals surface area contributed by atoms with Crippen molar-refractivity contribution in [3.05, 3.63) is 59.7 Å². The van der Waals surface area contributed by atoms with Gasteiger partial charge in [0.1, 0.15) is 4.90 Å². The molecule has 7 heteroatoms. The van der Waals surface area contributed by atoms with Crippen molar-refractivity contribution < 1.29 is 13.2 Å². The molecular weight excluding hydrogens is 362 g/mol. The third kappa shape index (κ3) is 3.47. The second kappa shape index (κ2) is 6.81. The summed E-state index contributed by atoms with van der Waals surface area (Å²) in [6.45, 7) is 3.81. The molecule has 0 bridgehead atoms. The van der Waals surface area contributed by atoms with Crippen LogP contribution in [0.2, 0.25) is 0 Å². The Labute approximate surface area is 159 Å². The molecule has 1 saturated heterocycles. The Morgan fingerprint density at radius 2 is 1.74 bits per heavy atom. The number of nitrogens with one attached hydrogen (secondary N) is 1. The number of rotatable bonds is 2. The number of nitrogens with zero attached hydrogens (tertiary/aromatic N) is 2. The van der Waals surface area contributed by atoms with Crippen molar-refractivity contribution in [2.45, 2.75) is 24.7 Å². The summed E-state index contributed by atoms with van der Waals surface area (Å²) >= 11 is 0. The second-order valence-corrected chi connectivity index (χ2v) is 8.66. The largest absolute Gasteiger partial charge is 0.339 e. The van der Waals surface area contributed by atoms with Gasteiger partial charge in [-0.15, -0.1) is 4.40 Å². The summed E-state index contributed by atoms with van der Waals surface area (Å²) in [4.78, 5) is 14.7. The summed E-state index contributed by atoms with van der Waals surface area (Å²) < 4.78 is 28.1. The van der Waals surface area contributed by atoms with Gasteiger partial charge in [0.05, 0.1) is 0 Å². The van der Waals surface area contributed by atoms with Crippen LogP contribution in [0.5, 0.6) is 0 Å². The summed E-state index contributed by atoms with van der Waals surface area (Å²) in [7, 11) is -3.65. The predicted octanol–water partition coefficient (Wildman–Crippen LogP) is 3.12. The van der Waals surface area contributed by atoms with Crippen molar-refractivity contribution in [1.82, 2.24) is 4.90 Å². The molecule has 2 aliphatic rings. The number of likely N-dealkylation sites (tertiary alicyclic amines) is 1. The second-order valence-electron chi connectivity index (χ2n) is 7.09. The van der Waals surface area contributed by atoms with Crippen LogP contribution >= 0.6 is 0 Å². The third-order valence-electron chi connectivity index (χ3n) is 5.10. The molecule has 0 aliphatic carbocycles. The molecular formula is C20H21N3O3S. The molecule has 2 aliphatic heterocycles. The van der Waals surface area contributed by atoms with E-state index in [0.29, 0.717) is 28.6 Å². The fourth-order valence-electron chi connectivity index (χ4n) is 3.42. The van der Waals surface area contributed by atoms with E-state index in [4.69, 9.17) is 0 Å². The molecule has 0 atom stereocenters. The maximum Gasteiger partial charge on any atom is 0.285 e. The first-order valence-electron chi connectivity index (χ1n) is 9.05. The van der Waals surface area contributed by atoms with E-state index < -0.39 is 10.0 Å². The van der Waals surface area contributed by atoms with Gasteiger partial charge in [0.25, 0.3) is 15.9 Å². The van der Waals surface area contributed by atoms with Crippen LogP contribution in [0.25, 0.3) is 0 Å². The lowest BCUT2D eigenvalue weighted by molar-refractivity contribution is 0.0697. The zero-order chi connectivity index (χ0) is 19.0. The highest BCUT2D eigenvalue weighted by Crippen LogP contribution is 2.27. The molecule has 2 aromatic carbocycles. The normalized spacial score (nSPS) is 18.7. The van der Waals surface area contributed by atoms with E-state index in [2.05, 4.69) is 16.6 Å². The maximum atomic E-state index is 12.6. The Kier molecular flexibility index (Phi) is 4.47. The average Bonchev–Trinajstić information content (AvgIpc) is 2.93. The van der Waals surface area contributed by atoms with E-state index in [-0.39, 0.29) is 10.8 Å². The van der Waals surface area contributed by atoms with Crippen LogP contribution in [0.3, 0.4) is 0 Å². The lowest BCUT2D eigenvalue weighted by atomic mass is 9.98. The standard InChI is InChI=1S/C20H21N3O3S/c1-14-10-12-23(13-11-14)20(24)15-6-8-16(9-7-15)21-19-17-4-2-3-5-18(17)27(25,26)22-19/h2-9,14H,10-13H2,1H3,(H,21,22). The number of piperidine rings is 1. The van der Waals surface area contributed by atoms with Crippen LogP contribution < -0.4 is 5.32 Å². The monoisotopic (exact) mass is 383 g/mol. The zero-order valence-electron chi connectivity index (χ0n) is 15.1. The van der Waals surface area contributed by atoms with Gasteiger partial charge in [-0.1, -0.05) is 19.1 Å². The quantitative estimate of drug-likeness (QED) is 0.864. The fraction of sp³-hybridized carbons (Fsp3) is 0.300. The molecule has 2 heterocycles. The van der Waals surface area contributed by atoms with Crippen LogP contribution in [0, 0.1) is 5.92 Å². The topological polar surface area (TPSA) is 78.8 Å². The number of benzene rings is 2. The highest BCUT2D eigenvalue weighted by Gasteiger charge is 2.28. The Bertz CT molecular complexity index is 1010. The van der Waals surface area contributed by atoms with Crippen LogP contribution in [-0.4, -0.2) is 38.2 Å². The number of sulfonamides is 1. The van der Waals surface area contributed by atoms with Crippen LogP contribution in [-0.2, 0) is 10.0 Å². The lowest BCUT2D eigenvalue weighted by Gasteiger charge is -2.30. The molecule has 2 aromatic rings. The summed E-state index contributed by atoms with van der Waals surface area (Å²) in [5, 5.41) is 3.05. The van der Waals surface area contributed by atoms with Gasteiger partial charge in [0, 0.05) is 29.9 Å². The summed E-state index contributed by atoms with van der Waals surface area (Å²) in [5.41, 5.74) is 1.88. The van der Waals surface area contributed by atoms with Crippen molar-refractivity contribution in [3.63, 3.8) is 0 Å². The molecule has 1 N–H and O–H groups in total. The summed E-state index contributed by atoms with van der Waals surface area (Å²) in [5.74, 6) is 1.02. The molecule has 1 amide bonds. The van der Waals surface area contributed by atoms with Gasteiger partial charge in [0.15, 0.2) is 5.84 Å². The number of carbonyl (C=O) groups excluding carboxylic acids is 1. The zero-order valence-corrected chi connectivity index (χ0v) is 15.9. The molecule has 0 saturated carbocycles. The van der Waals surface area contributed by atoms with Crippen molar-refractivity contribution in [2.75, 3.05) is 18.4 Å². The summed E-state index contributed by atoms with van der Waals surface area (Å²) in [6, 6.07) is 13.8. The van der Waals surface area contributed by atoms with E-state index in [1.54, 1.807) is 48.5 Å². The van der Waals surface area contributed by atoms with Gasteiger partial charge in [-0.2, -0.15) is 8.42 Å². The fourth-order valence-corrected chi connectivity index (χ4v) is 4.60. The first kappa shape index (κ1) is 17.7. The maximum absolute atomic E-state index is 12.6. The number of hydrogen-bond donors (Lipinski definition) is 1. The number of hydrogen-bond acceptors (Lipinski definition) is 4. The minimum absolute atomic E-state index is 0.0413. The Morgan fingerprint density at radius 1 is 1.07 bits per heavy atom.